The summed E-state index contributed by atoms with van der Waals surface area (Å²) in [5, 5.41) is 0. The van der Waals surface area contributed by atoms with Crippen LogP contribution in [-0.2, 0) is 23.8 Å². The number of rotatable bonds is 57. The van der Waals surface area contributed by atoms with Crippen LogP contribution in [0, 0.1) is 0 Å². The molecule has 0 amide bonds. The van der Waals surface area contributed by atoms with E-state index in [9.17, 15) is 9.59 Å². The summed E-state index contributed by atoms with van der Waals surface area (Å²) in [6.45, 7) is 7.81. The molecule has 0 radical (unpaired) electrons. The van der Waals surface area contributed by atoms with Crippen molar-refractivity contribution in [1.29, 1.82) is 0 Å². The summed E-state index contributed by atoms with van der Waals surface area (Å²) >= 11 is 0. The molecule has 70 heavy (non-hydrogen) atoms. The van der Waals surface area contributed by atoms with E-state index in [-0.39, 0.29) is 25.2 Å². The molecule has 0 spiro atoms. The van der Waals surface area contributed by atoms with Gasteiger partial charge in [0.15, 0.2) is 6.10 Å². The van der Waals surface area contributed by atoms with Crippen molar-refractivity contribution in [3.05, 3.63) is 60.8 Å². The first kappa shape index (κ1) is 67.6. The maximum Gasteiger partial charge on any atom is 0.306 e. The Kier molecular flexibility index (Phi) is 58.8. The molecule has 0 aliphatic rings. The first-order valence-electron chi connectivity index (χ1n) is 30.8. The topological polar surface area (TPSA) is 61.8 Å². The molecule has 0 N–H and O–H groups in total. The zero-order chi connectivity index (χ0) is 50.6. The Morgan fingerprint density at radius 2 is 0.600 bits per heavy atom. The van der Waals surface area contributed by atoms with Crippen LogP contribution < -0.4 is 0 Å². The van der Waals surface area contributed by atoms with Gasteiger partial charge in [-0.25, -0.2) is 0 Å². The third-order valence-electron chi connectivity index (χ3n) is 13.5. The van der Waals surface area contributed by atoms with Gasteiger partial charge in [-0.2, -0.15) is 0 Å². The van der Waals surface area contributed by atoms with Crippen LogP contribution in [0.15, 0.2) is 60.8 Å². The van der Waals surface area contributed by atoms with Crippen LogP contribution in [0.5, 0.6) is 0 Å². The third kappa shape index (κ3) is 58.2. The van der Waals surface area contributed by atoms with E-state index in [0.717, 1.165) is 70.6 Å². The summed E-state index contributed by atoms with van der Waals surface area (Å²) in [6.07, 6.45) is 78.2. The Labute approximate surface area is 436 Å². The smallest absolute Gasteiger partial charge is 0.306 e. The number of allylic oxidation sites excluding steroid dienone is 10. The van der Waals surface area contributed by atoms with Crippen molar-refractivity contribution in [2.75, 3.05) is 19.8 Å². The Morgan fingerprint density at radius 3 is 0.986 bits per heavy atom. The maximum absolute atomic E-state index is 12.9. The second-order valence-electron chi connectivity index (χ2n) is 20.6. The molecule has 1 unspecified atom stereocenters. The van der Waals surface area contributed by atoms with Crippen molar-refractivity contribution in [2.24, 2.45) is 0 Å². The van der Waals surface area contributed by atoms with Crippen molar-refractivity contribution in [3.63, 3.8) is 0 Å². The molecular formula is C65H118O5. The van der Waals surface area contributed by atoms with Gasteiger partial charge in [-0.1, -0.05) is 274 Å². The Bertz CT molecular complexity index is 1200. The fourth-order valence-electron chi connectivity index (χ4n) is 8.90. The van der Waals surface area contributed by atoms with E-state index < -0.39 is 6.10 Å². The van der Waals surface area contributed by atoms with Crippen LogP contribution in [0.2, 0.25) is 0 Å². The van der Waals surface area contributed by atoms with E-state index in [1.54, 1.807) is 0 Å². The van der Waals surface area contributed by atoms with Crippen molar-refractivity contribution < 1.29 is 23.8 Å². The molecule has 5 heteroatoms. The van der Waals surface area contributed by atoms with E-state index in [1.165, 1.54) is 212 Å². The molecule has 5 nitrogen and oxygen atoms in total. The molecule has 0 bridgehead atoms. The van der Waals surface area contributed by atoms with Gasteiger partial charge in [-0.05, 0) is 89.9 Å². The highest BCUT2D eigenvalue weighted by Crippen LogP contribution is 2.16. The van der Waals surface area contributed by atoms with Crippen LogP contribution in [0.1, 0.15) is 316 Å². The average Bonchev–Trinajstić information content (AvgIpc) is 3.36. The SMILES string of the molecule is CCCCC/C=C\C/C=C\C/C=C\CCCCCCCCC(=O)OCC(COCCCCCCCCCCCC/C=C\C/C=C\CCCCC)OC(=O)CCCCCCCCCCCCCCCCC. The lowest BCUT2D eigenvalue weighted by molar-refractivity contribution is -0.163. The van der Waals surface area contributed by atoms with Crippen molar-refractivity contribution >= 4 is 11.9 Å². The molecule has 0 saturated heterocycles. The summed E-state index contributed by atoms with van der Waals surface area (Å²) < 4.78 is 17.5. The summed E-state index contributed by atoms with van der Waals surface area (Å²) in [7, 11) is 0. The predicted molar refractivity (Wildman–Crippen MR) is 307 cm³/mol. The molecule has 408 valence electrons. The van der Waals surface area contributed by atoms with Crippen molar-refractivity contribution in [2.45, 2.75) is 322 Å². The number of esters is 2. The lowest BCUT2D eigenvalue weighted by Gasteiger charge is -2.18. The molecule has 0 aromatic heterocycles. The fourth-order valence-corrected chi connectivity index (χ4v) is 8.90. The van der Waals surface area contributed by atoms with E-state index in [2.05, 4.69) is 81.5 Å². The predicted octanol–water partition coefficient (Wildman–Crippen LogP) is 21.2. The molecule has 0 aliphatic heterocycles. The van der Waals surface area contributed by atoms with Gasteiger partial charge in [0.1, 0.15) is 6.61 Å². The Hall–Kier alpha value is -2.40. The molecule has 0 heterocycles. The summed E-state index contributed by atoms with van der Waals surface area (Å²) in [5.41, 5.74) is 0. The standard InChI is InChI=1S/C65H118O5/c1-4-7-10-13-16-19-22-25-28-30-32-34-36-39-42-45-48-51-54-57-60-68-61-63(70-65(67)59-56-53-50-47-44-41-37-27-24-21-18-15-12-9-6-3)62-69-64(66)58-55-52-49-46-43-40-38-35-33-31-29-26-23-20-17-14-11-8-5-2/h16-17,19-20,25-26,28-29,33,35,63H,4-15,18,21-24,27,30-32,34,36-62H2,1-3H3/b19-16-,20-17-,28-25-,29-26-,35-33-. The fraction of sp³-hybridized carbons (Fsp3) is 0.815. The number of hydrogen-bond donors (Lipinski definition) is 0. The van der Waals surface area contributed by atoms with E-state index in [1.807, 2.05) is 0 Å². The first-order valence-corrected chi connectivity index (χ1v) is 30.8. The number of carbonyl (C=O) groups excluding carboxylic acids is 2. The quantitative estimate of drug-likeness (QED) is 0.0345. The minimum atomic E-state index is -0.543. The molecule has 0 aliphatic carbocycles. The van der Waals surface area contributed by atoms with Gasteiger partial charge >= 0.3 is 11.9 Å². The van der Waals surface area contributed by atoms with Crippen LogP contribution >= 0.6 is 0 Å². The zero-order valence-corrected chi connectivity index (χ0v) is 47.0. The maximum atomic E-state index is 12.9. The zero-order valence-electron chi connectivity index (χ0n) is 47.0. The molecule has 0 saturated carbocycles. The van der Waals surface area contributed by atoms with E-state index in [0.29, 0.717) is 19.4 Å². The van der Waals surface area contributed by atoms with Gasteiger partial charge in [0.05, 0.1) is 6.61 Å². The van der Waals surface area contributed by atoms with Crippen LogP contribution in [0.25, 0.3) is 0 Å². The highest BCUT2D eigenvalue weighted by atomic mass is 16.6. The number of unbranched alkanes of at least 4 members (excludes halogenated alkanes) is 36. The molecule has 0 aromatic rings. The minimum Gasteiger partial charge on any atom is -0.462 e. The Morgan fingerprint density at radius 1 is 0.314 bits per heavy atom. The van der Waals surface area contributed by atoms with E-state index in [4.69, 9.17) is 14.2 Å². The van der Waals surface area contributed by atoms with Gasteiger partial charge in [-0.3, -0.25) is 9.59 Å². The van der Waals surface area contributed by atoms with Gasteiger partial charge in [0.25, 0.3) is 0 Å². The lowest BCUT2D eigenvalue weighted by Crippen LogP contribution is -2.30. The van der Waals surface area contributed by atoms with Crippen LogP contribution in [-0.4, -0.2) is 37.9 Å². The van der Waals surface area contributed by atoms with Crippen LogP contribution in [0.3, 0.4) is 0 Å². The van der Waals surface area contributed by atoms with Crippen molar-refractivity contribution in [1.82, 2.24) is 0 Å². The molecule has 1 atom stereocenters. The average molecular weight is 980 g/mol. The Balaban J connectivity index is 4.27. The van der Waals surface area contributed by atoms with Gasteiger partial charge in [0, 0.05) is 19.4 Å². The number of carbonyl (C=O) groups is 2. The second kappa shape index (κ2) is 60.9. The van der Waals surface area contributed by atoms with Gasteiger partial charge in [-0.15, -0.1) is 0 Å². The second-order valence-corrected chi connectivity index (χ2v) is 20.6. The minimum absolute atomic E-state index is 0.0798. The monoisotopic (exact) mass is 979 g/mol. The van der Waals surface area contributed by atoms with Gasteiger partial charge in [0.2, 0.25) is 0 Å². The van der Waals surface area contributed by atoms with E-state index >= 15 is 0 Å². The number of ether oxygens (including phenoxy) is 3. The third-order valence-corrected chi connectivity index (χ3v) is 13.5. The lowest BCUT2D eigenvalue weighted by atomic mass is 10.0. The summed E-state index contributed by atoms with van der Waals surface area (Å²) in [4.78, 5) is 25.6. The largest absolute Gasteiger partial charge is 0.462 e. The molecule has 0 aromatic carbocycles. The highest BCUT2D eigenvalue weighted by molar-refractivity contribution is 5.70. The highest BCUT2D eigenvalue weighted by Gasteiger charge is 2.17. The van der Waals surface area contributed by atoms with Crippen LogP contribution in [0.4, 0.5) is 0 Å². The molecule has 0 rings (SSSR count). The van der Waals surface area contributed by atoms with Gasteiger partial charge < -0.3 is 14.2 Å². The normalized spacial score (nSPS) is 12.6. The number of hydrogen-bond acceptors (Lipinski definition) is 5. The first-order chi connectivity index (χ1) is 34.6. The molecule has 0 fully saturated rings. The molecular weight excluding hydrogens is 861 g/mol. The summed E-state index contributed by atoms with van der Waals surface area (Å²) in [5.74, 6) is -0.397. The summed E-state index contributed by atoms with van der Waals surface area (Å²) in [6, 6.07) is 0. The van der Waals surface area contributed by atoms with Crippen molar-refractivity contribution in [3.8, 4) is 0 Å².